The average molecular weight is 349 g/mol. The molecule has 0 aliphatic heterocycles. The summed E-state index contributed by atoms with van der Waals surface area (Å²) in [5, 5.41) is 4.60. The van der Waals surface area contributed by atoms with Crippen LogP contribution in [-0.4, -0.2) is 19.7 Å². The molecule has 0 fully saturated rings. The number of hydrogen-bond acceptors (Lipinski definition) is 5. The molecule has 0 aliphatic carbocycles. The maximum Gasteiger partial charge on any atom is 0.263 e. The highest BCUT2D eigenvalue weighted by Crippen LogP contribution is 2.18. The first-order valence-corrected chi connectivity index (χ1v) is 8.35. The van der Waals surface area contributed by atoms with Crippen molar-refractivity contribution in [2.24, 2.45) is 7.05 Å². The first kappa shape index (κ1) is 16.1. The number of aryl methyl sites for hydroxylation is 2. The number of furan rings is 1. The number of aromatic amines is 1. The fourth-order valence-electron chi connectivity index (χ4n) is 3.00. The number of hydrogen-bond donors (Lipinski definition) is 1. The van der Waals surface area contributed by atoms with Crippen molar-refractivity contribution in [3.63, 3.8) is 0 Å². The number of nitrogens with zero attached hydrogens (tertiary/aromatic N) is 4. The van der Waals surface area contributed by atoms with Gasteiger partial charge in [0.2, 0.25) is 5.95 Å². The van der Waals surface area contributed by atoms with Crippen molar-refractivity contribution in [3.8, 4) is 0 Å². The number of fused-ring (bicyclic) bond motifs is 1. The molecule has 7 nitrogen and oxygen atoms in total. The van der Waals surface area contributed by atoms with E-state index in [1.807, 2.05) is 23.1 Å². The molecule has 3 heterocycles. The average Bonchev–Trinajstić information content (AvgIpc) is 3.25. The summed E-state index contributed by atoms with van der Waals surface area (Å²) in [6.07, 6.45) is 3.17. The van der Waals surface area contributed by atoms with E-state index in [0.717, 1.165) is 11.3 Å². The van der Waals surface area contributed by atoms with Gasteiger partial charge in [0.05, 0.1) is 19.0 Å². The molecule has 3 aromatic heterocycles. The lowest BCUT2D eigenvalue weighted by Gasteiger charge is -2.22. The van der Waals surface area contributed by atoms with Crippen molar-refractivity contribution >= 4 is 17.0 Å². The summed E-state index contributed by atoms with van der Waals surface area (Å²) in [7, 11) is 1.77. The molecule has 0 amide bonds. The molecule has 1 aromatic carbocycles. The van der Waals surface area contributed by atoms with E-state index < -0.39 is 0 Å². The minimum absolute atomic E-state index is 0.202. The van der Waals surface area contributed by atoms with Crippen molar-refractivity contribution in [1.29, 1.82) is 0 Å². The fourth-order valence-corrected chi connectivity index (χ4v) is 3.00. The molecule has 1 N–H and O–H groups in total. The molecule has 132 valence electrons. The van der Waals surface area contributed by atoms with Gasteiger partial charge in [-0.3, -0.25) is 14.5 Å². The zero-order chi connectivity index (χ0) is 18.1. The second-order valence-electron chi connectivity index (χ2n) is 6.32. The topological polar surface area (TPSA) is 79.9 Å². The molecule has 0 unspecified atom stereocenters. The Morgan fingerprint density at radius 3 is 2.88 bits per heavy atom. The quantitative estimate of drug-likeness (QED) is 0.599. The summed E-state index contributed by atoms with van der Waals surface area (Å²) in [6.45, 7) is 3.14. The molecule has 4 rings (SSSR count). The molecule has 0 atom stereocenters. The summed E-state index contributed by atoms with van der Waals surface area (Å²) in [6, 6.07) is 12.0. The van der Waals surface area contributed by atoms with Crippen LogP contribution in [-0.2, 0) is 20.1 Å². The SMILES string of the molecule is Cc1cccc(CN(Cc2ccco2)c2nc3c(cnn3C)c(=O)[nH]2)c1. The molecule has 7 heteroatoms. The van der Waals surface area contributed by atoms with Gasteiger partial charge in [-0.1, -0.05) is 29.8 Å². The highest BCUT2D eigenvalue weighted by molar-refractivity contribution is 5.74. The Bertz CT molecular complexity index is 1090. The van der Waals surface area contributed by atoms with E-state index in [2.05, 4.69) is 40.2 Å². The van der Waals surface area contributed by atoms with Crippen LogP contribution >= 0.6 is 0 Å². The van der Waals surface area contributed by atoms with Gasteiger partial charge in [-0.2, -0.15) is 10.1 Å². The van der Waals surface area contributed by atoms with Crippen LogP contribution in [0, 0.1) is 6.92 Å². The van der Waals surface area contributed by atoms with Gasteiger partial charge in [0.1, 0.15) is 11.1 Å². The van der Waals surface area contributed by atoms with Gasteiger partial charge in [0, 0.05) is 13.6 Å². The van der Waals surface area contributed by atoms with Crippen LogP contribution in [0.25, 0.3) is 11.0 Å². The zero-order valence-electron chi connectivity index (χ0n) is 14.6. The van der Waals surface area contributed by atoms with Crippen LogP contribution in [0.4, 0.5) is 5.95 Å². The van der Waals surface area contributed by atoms with Gasteiger partial charge in [0.25, 0.3) is 5.56 Å². The number of benzene rings is 1. The minimum Gasteiger partial charge on any atom is -0.467 e. The van der Waals surface area contributed by atoms with E-state index in [9.17, 15) is 4.79 Å². The monoisotopic (exact) mass is 349 g/mol. The Morgan fingerprint density at radius 2 is 2.12 bits per heavy atom. The second-order valence-corrected chi connectivity index (χ2v) is 6.32. The van der Waals surface area contributed by atoms with E-state index in [1.54, 1.807) is 18.0 Å². The Hall–Kier alpha value is -3.35. The van der Waals surface area contributed by atoms with Crippen LogP contribution in [0.2, 0.25) is 0 Å². The van der Waals surface area contributed by atoms with Gasteiger partial charge in [-0.25, -0.2) is 0 Å². The third kappa shape index (κ3) is 3.11. The lowest BCUT2D eigenvalue weighted by molar-refractivity contribution is 0.499. The molecule has 0 saturated heterocycles. The summed E-state index contributed by atoms with van der Waals surface area (Å²) >= 11 is 0. The third-order valence-electron chi connectivity index (χ3n) is 4.27. The maximum atomic E-state index is 12.4. The number of rotatable bonds is 5. The van der Waals surface area contributed by atoms with Crippen LogP contribution in [0.15, 0.2) is 58.1 Å². The summed E-state index contributed by atoms with van der Waals surface area (Å²) in [4.78, 5) is 21.9. The van der Waals surface area contributed by atoms with Gasteiger partial charge in [-0.05, 0) is 24.6 Å². The molecule has 0 aliphatic rings. The highest BCUT2D eigenvalue weighted by Gasteiger charge is 2.16. The van der Waals surface area contributed by atoms with Gasteiger partial charge < -0.3 is 9.32 Å². The van der Waals surface area contributed by atoms with Gasteiger partial charge in [0.15, 0.2) is 5.65 Å². The third-order valence-corrected chi connectivity index (χ3v) is 4.27. The second kappa shape index (κ2) is 6.51. The van der Waals surface area contributed by atoms with Crippen LogP contribution in [0.5, 0.6) is 0 Å². The normalized spacial score (nSPS) is 11.2. The molecule has 26 heavy (non-hydrogen) atoms. The number of anilines is 1. The van der Waals surface area contributed by atoms with Crippen molar-refractivity contribution in [2.75, 3.05) is 4.90 Å². The van der Waals surface area contributed by atoms with Gasteiger partial charge >= 0.3 is 0 Å². The van der Waals surface area contributed by atoms with Crippen LogP contribution < -0.4 is 10.5 Å². The van der Waals surface area contributed by atoms with Crippen molar-refractivity contribution in [3.05, 3.63) is 76.1 Å². The summed E-state index contributed by atoms with van der Waals surface area (Å²) in [5.41, 5.74) is 2.66. The molecular weight excluding hydrogens is 330 g/mol. The standard InChI is InChI=1S/C19H19N5O2/c1-13-5-3-6-14(9-13)11-24(12-15-7-4-8-26-15)19-21-17-16(18(25)22-19)10-20-23(17)2/h3-10H,11-12H2,1-2H3,(H,21,22,25). The summed E-state index contributed by atoms with van der Waals surface area (Å²) in [5.74, 6) is 1.29. The van der Waals surface area contributed by atoms with Crippen LogP contribution in [0.3, 0.4) is 0 Å². The lowest BCUT2D eigenvalue weighted by Crippen LogP contribution is -2.26. The number of nitrogens with one attached hydrogen (secondary N) is 1. The Kier molecular flexibility index (Phi) is 4.04. The molecule has 0 radical (unpaired) electrons. The first-order chi connectivity index (χ1) is 12.6. The number of H-pyrrole nitrogens is 1. The Morgan fingerprint density at radius 1 is 1.23 bits per heavy atom. The molecule has 4 aromatic rings. The van der Waals surface area contributed by atoms with E-state index in [-0.39, 0.29) is 5.56 Å². The van der Waals surface area contributed by atoms with E-state index in [0.29, 0.717) is 30.1 Å². The van der Waals surface area contributed by atoms with E-state index in [4.69, 9.17) is 4.42 Å². The minimum atomic E-state index is -0.202. The predicted octanol–water partition coefficient (Wildman–Crippen LogP) is 2.76. The smallest absolute Gasteiger partial charge is 0.263 e. The van der Waals surface area contributed by atoms with Crippen molar-refractivity contribution in [2.45, 2.75) is 20.0 Å². The van der Waals surface area contributed by atoms with Crippen molar-refractivity contribution < 1.29 is 4.42 Å². The van der Waals surface area contributed by atoms with Crippen LogP contribution in [0.1, 0.15) is 16.9 Å². The van der Waals surface area contributed by atoms with Gasteiger partial charge in [-0.15, -0.1) is 0 Å². The predicted molar refractivity (Wildman–Crippen MR) is 98.9 cm³/mol. The number of aromatic nitrogens is 4. The maximum absolute atomic E-state index is 12.4. The summed E-state index contributed by atoms with van der Waals surface area (Å²) < 4.78 is 7.10. The Balaban J connectivity index is 1.76. The molecular formula is C19H19N5O2. The first-order valence-electron chi connectivity index (χ1n) is 8.35. The molecule has 0 spiro atoms. The van der Waals surface area contributed by atoms with E-state index in [1.165, 1.54) is 11.8 Å². The zero-order valence-corrected chi connectivity index (χ0v) is 14.6. The highest BCUT2D eigenvalue weighted by atomic mass is 16.3. The van der Waals surface area contributed by atoms with Crippen molar-refractivity contribution in [1.82, 2.24) is 19.7 Å². The lowest BCUT2D eigenvalue weighted by atomic mass is 10.1. The molecule has 0 saturated carbocycles. The van der Waals surface area contributed by atoms with E-state index >= 15 is 0 Å². The Labute approximate surface area is 149 Å². The molecule has 0 bridgehead atoms. The largest absolute Gasteiger partial charge is 0.467 e. The fraction of sp³-hybridized carbons (Fsp3) is 0.211.